The molecule has 1 N–H and O–H groups in total. The van der Waals surface area contributed by atoms with Gasteiger partial charge in [-0.15, -0.1) is 0 Å². The Labute approximate surface area is 180 Å². The molecule has 1 aliphatic rings. The molecule has 5 rings (SSSR count). The number of aromatic amines is 1. The minimum atomic E-state index is -0.0457. The van der Waals surface area contributed by atoms with E-state index in [0.29, 0.717) is 44.3 Å². The molecule has 2 aromatic heterocycles. The molecule has 1 aliphatic heterocycles. The maximum absolute atomic E-state index is 12.6. The molecule has 1 fully saturated rings. The van der Waals surface area contributed by atoms with Crippen LogP contribution in [0.1, 0.15) is 42.1 Å². The zero-order chi connectivity index (χ0) is 21.2. The second-order valence-corrected chi connectivity index (χ2v) is 7.83. The van der Waals surface area contributed by atoms with Gasteiger partial charge in [0.1, 0.15) is 5.75 Å². The number of para-hydroxylation sites is 1. The molecule has 0 saturated carbocycles. The molecule has 1 saturated heterocycles. The molecule has 0 radical (unpaired) electrons. The number of aromatic nitrogens is 3. The minimum absolute atomic E-state index is 0.0457. The van der Waals surface area contributed by atoms with Gasteiger partial charge in [0.2, 0.25) is 11.8 Å². The van der Waals surface area contributed by atoms with Gasteiger partial charge in [-0.05, 0) is 36.2 Å². The Balaban J connectivity index is 1.24. The smallest absolute Gasteiger partial charge is 0.231 e. The standard InChI is InChI=1S/C24H24N4O3/c1-2-30-19-9-7-16(8-10-19)14-28-15-18(12-23(28)29)24-26-22(31-27-24)11-17-13-25-21-6-4-3-5-20(17)21/h3-10,13,18,25H,2,11-12,14-15H2,1H3. The molecule has 3 heterocycles. The molecule has 1 atom stereocenters. The Bertz CT molecular complexity index is 1190. The number of H-pyrrole nitrogens is 1. The van der Waals surface area contributed by atoms with Crippen molar-refractivity contribution in [2.75, 3.05) is 13.2 Å². The number of hydrogen-bond acceptors (Lipinski definition) is 5. The second-order valence-electron chi connectivity index (χ2n) is 7.83. The van der Waals surface area contributed by atoms with Gasteiger partial charge in [-0.1, -0.05) is 35.5 Å². The SMILES string of the molecule is CCOc1ccc(CN2CC(c3noc(Cc4c[nH]c5ccccc45)n3)CC2=O)cc1. The highest BCUT2D eigenvalue weighted by atomic mass is 16.5. The van der Waals surface area contributed by atoms with Gasteiger partial charge in [0.25, 0.3) is 0 Å². The molecular weight excluding hydrogens is 392 g/mol. The molecule has 0 spiro atoms. The van der Waals surface area contributed by atoms with Crippen LogP contribution in [0.2, 0.25) is 0 Å². The summed E-state index contributed by atoms with van der Waals surface area (Å²) in [7, 11) is 0. The summed E-state index contributed by atoms with van der Waals surface area (Å²) in [5, 5.41) is 5.33. The van der Waals surface area contributed by atoms with Crippen molar-refractivity contribution >= 4 is 16.8 Å². The highest BCUT2D eigenvalue weighted by molar-refractivity contribution is 5.83. The van der Waals surface area contributed by atoms with Crippen molar-refractivity contribution in [3.05, 3.63) is 77.6 Å². The number of carbonyl (C=O) groups excluding carboxylic acids is 1. The first-order valence-electron chi connectivity index (χ1n) is 10.6. The number of likely N-dealkylation sites (tertiary alicyclic amines) is 1. The van der Waals surface area contributed by atoms with Gasteiger partial charge in [0.05, 0.1) is 13.0 Å². The molecule has 7 nitrogen and oxygen atoms in total. The monoisotopic (exact) mass is 416 g/mol. The average molecular weight is 416 g/mol. The maximum Gasteiger partial charge on any atom is 0.231 e. The number of benzene rings is 2. The van der Waals surface area contributed by atoms with Gasteiger partial charge in [-0.3, -0.25) is 4.79 Å². The molecule has 31 heavy (non-hydrogen) atoms. The zero-order valence-electron chi connectivity index (χ0n) is 17.4. The molecular formula is C24H24N4O3. The van der Waals surface area contributed by atoms with Crippen LogP contribution in [0.15, 0.2) is 59.3 Å². The van der Waals surface area contributed by atoms with Crippen LogP contribution < -0.4 is 4.74 Å². The Hall–Kier alpha value is -3.61. The van der Waals surface area contributed by atoms with Crippen LogP contribution in [0, 0.1) is 0 Å². The lowest BCUT2D eigenvalue weighted by molar-refractivity contribution is -0.128. The summed E-state index contributed by atoms with van der Waals surface area (Å²) in [4.78, 5) is 22.3. The van der Waals surface area contributed by atoms with Crippen LogP contribution in [0.25, 0.3) is 10.9 Å². The second kappa shape index (κ2) is 8.26. The number of nitrogens with one attached hydrogen (secondary N) is 1. The van der Waals surface area contributed by atoms with E-state index in [1.807, 2.05) is 60.5 Å². The van der Waals surface area contributed by atoms with Gasteiger partial charge >= 0.3 is 0 Å². The Morgan fingerprint density at radius 3 is 2.87 bits per heavy atom. The first kappa shape index (κ1) is 19.4. The van der Waals surface area contributed by atoms with E-state index in [1.54, 1.807) is 0 Å². The topological polar surface area (TPSA) is 84.2 Å². The predicted molar refractivity (Wildman–Crippen MR) is 116 cm³/mol. The lowest BCUT2D eigenvalue weighted by atomic mass is 10.1. The van der Waals surface area contributed by atoms with E-state index in [4.69, 9.17) is 9.26 Å². The molecule has 1 amide bonds. The first-order valence-corrected chi connectivity index (χ1v) is 10.6. The van der Waals surface area contributed by atoms with Crippen LogP contribution in [0.5, 0.6) is 5.75 Å². The summed E-state index contributed by atoms with van der Waals surface area (Å²) >= 11 is 0. The number of nitrogens with zero attached hydrogens (tertiary/aromatic N) is 3. The van der Waals surface area contributed by atoms with Crippen molar-refractivity contribution < 1.29 is 14.1 Å². The Morgan fingerprint density at radius 2 is 2.03 bits per heavy atom. The molecule has 2 aromatic carbocycles. The Kier molecular flexibility index (Phi) is 5.16. The summed E-state index contributed by atoms with van der Waals surface area (Å²) < 4.78 is 11.0. The van der Waals surface area contributed by atoms with E-state index in [9.17, 15) is 4.79 Å². The van der Waals surface area contributed by atoms with Gasteiger partial charge in [0, 0.05) is 42.5 Å². The number of fused-ring (bicyclic) bond motifs is 1. The van der Waals surface area contributed by atoms with Crippen LogP contribution in [-0.4, -0.2) is 39.1 Å². The quantitative estimate of drug-likeness (QED) is 0.491. The van der Waals surface area contributed by atoms with Crippen molar-refractivity contribution in [2.45, 2.75) is 32.2 Å². The normalized spacial score (nSPS) is 16.4. The third kappa shape index (κ3) is 4.03. The predicted octanol–water partition coefficient (Wildman–Crippen LogP) is 4.06. The van der Waals surface area contributed by atoms with Crippen LogP contribution in [-0.2, 0) is 17.8 Å². The third-order valence-electron chi connectivity index (χ3n) is 5.69. The number of ether oxygens (including phenoxy) is 1. The van der Waals surface area contributed by atoms with Crippen LogP contribution in [0.4, 0.5) is 0 Å². The summed E-state index contributed by atoms with van der Waals surface area (Å²) in [5.74, 6) is 2.08. The van der Waals surface area contributed by atoms with Crippen LogP contribution >= 0.6 is 0 Å². The van der Waals surface area contributed by atoms with E-state index < -0.39 is 0 Å². The number of rotatable bonds is 7. The van der Waals surface area contributed by atoms with Crippen molar-refractivity contribution in [3.8, 4) is 5.75 Å². The molecule has 1 unspecified atom stereocenters. The fourth-order valence-corrected chi connectivity index (χ4v) is 4.12. The zero-order valence-corrected chi connectivity index (χ0v) is 17.4. The molecule has 7 heteroatoms. The molecule has 0 aliphatic carbocycles. The fourth-order valence-electron chi connectivity index (χ4n) is 4.12. The molecule has 0 bridgehead atoms. The largest absolute Gasteiger partial charge is 0.494 e. The fraction of sp³-hybridized carbons (Fsp3) is 0.292. The maximum atomic E-state index is 12.6. The number of amides is 1. The van der Waals surface area contributed by atoms with Crippen molar-refractivity contribution in [2.24, 2.45) is 0 Å². The lowest BCUT2D eigenvalue weighted by Crippen LogP contribution is -2.24. The van der Waals surface area contributed by atoms with Crippen molar-refractivity contribution in [3.63, 3.8) is 0 Å². The van der Waals surface area contributed by atoms with E-state index in [-0.39, 0.29) is 11.8 Å². The Morgan fingerprint density at radius 1 is 1.19 bits per heavy atom. The van der Waals surface area contributed by atoms with Gasteiger partial charge < -0.3 is 19.1 Å². The van der Waals surface area contributed by atoms with E-state index >= 15 is 0 Å². The summed E-state index contributed by atoms with van der Waals surface area (Å²) in [6, 6.07) is 16.0. The third-order valence-corrected chi connectivity index (χ3v) is 5.69. The summed E-state index contributed by atoms with van der Waals surface area (Å²) in [6.07, 6.45) is 2.95. The van der Waals surface area contributed by atoms with Crippen molar-refractivity contribution in [1.29, 1.82) is 0 Å². The van der Waals surface area contributed by atoms with Gasteiger partial charge in [-0.25, -0.2) is 0 Å². The van der Waals surface area contributed by atoms with Crippen LogP contribution in [0.3, 0.4) is 0 Å². The van der Waals surface area contributed by atoms with Gasteiger partial charge in [0.15, 0.2) is 5.82 Å². The minimum Gasteiger partial charge on any atom is -0.494 e. The highest BCUT2D eigenvalue weighted by Crippen LogP contribution is 2.28. The average Bonchev–Trinajstić information content (AvgIpc) is 3.50. The van der Waals surface area contributed by atoms with Crippen molar-refractivity contribution in [1.82, 2.24) is 20.0 Å². The highest BCUT2D eigenvalue weighted by Gasteiger charge is 2.33. The summed E-state index contributed by atoms with van der Waals surface area (Å²) in [6.45, 7) is 3.76. The van der Waals surface area contributed by atoms with E-state index in [0.717, 1.165) is 27.8 Å². The first-order chi connectivity index (χ1) is 15.2. The lowest BCUT2D eigenvalue weighted by Gasteiger charge is -2.16. The number of hydrogen-bond donors (Lipinski definition) is 1. The van der Waals surface area contributed by atoms with Gasteiger partial charge in [-0.2, -0.15) is 4.98 Å². The van der Waals surface area contributed by atoms with E-state index in [2.05, 4.69) is 21.2 Å². The molecule has 4 aromatic rings. The summed E-state index contributed by atoms with van der Waals surface area (Å²) in [5.41, 5.74) is 3.28. The van der Waals surface area contributed by atoms with E-state index in [1.165, 1.54) is 0 Å². The number of carbonyl (C=O) groups is 1. The molecule has 158 valence electrons.